The Morgan fingerprint density at radius 1 is 1.26 bits per heavy atom. The van der Waals surface area contributed by atoms with Crippen LogP contribution in [0.25, 0.3) is 6.08 Å². The summed E-state index contributed by atoms with van der Waals surface area (Å²) in [4.78, 5) is 13.9. The number of benzene rings is 2. The van der Waals surface area contributed by atoms with Crippen LogP contribution in [0.1, 0.15) is 18.1 Å². The van der Waals surface area contributed by atoms with Crippen LogP contribution >= 0.6 is 51.3 Å². The number of amides is 1. The van der Waals surface area contributed by atoms with Gasteiger partial charge < -0.3 is 10.1 Å². The predicted octanol–water partition coefficient (Wildman–Crippen LogP) is 5.41. The SMILES string of the molecule is CCN1C(=O)/C(=C/c2cc(Br)ccc2OCc2ccc(Cl)cc2Cl)NC1=S. The van der Waals surface area contributed by atoms with E-state index in [0.717, 1.165) is 15.6 Å². The van der Waals surface area contributed by atoms with E-state index in [4.69, 9.17) is 40.2 Å². The molecule has 140 valence electrons. The average molecular weight is 486 g/mol. The number of carbonyl (C=O) groups excluding carboxylic acids is 1. The summed E-state index contributed by atoms with van der Waals surface area (Å²) in [6.45, 7) is 2.66. The van der Waals surface area contributed by atoms with Crippen LogP contribution in [-0.2, 0) is 11.4 Å². The highest BCUT2D eigenvalue weighted by Gasteiger charge is 2.29. The molecule has 0 atom stereocenters. The first kappa shape index (κ1) is 20.1. The largest absolute Gasteiger partial charge is 0.488 e. The first-order valence-corrected chi connectivity index (χ1v) is 10.1. The quantitative estimate of drug-likeness (QED) is 0.454. The standard InChI is InChI=1S/C19H15BrCl2N2O2S/c1-2-24-18(25)16(23-19(24)27)8-12-7-13(20)4-6-17(12)26-10-11-3-5-14(21)9-15(11)22/h3-9H,2,10H2,1H3,(H,23,27)/b16-8-. The Bertz CT molecular complexity index is 949. The van der Waals surface area contributed by atoms with Gasteiger partial charge in [-0.05, 0) is 55.5 Å². The average Bonchev–Trinajstić information content (AvgIpc) is 2.88. The summed E-state index contributed by atoms with van der Waals surface area (Å²) in [5, 5.41) is 4.46. The number of carbonyl (C=O) groups is 1. The maximum atomic E-state index is 12.4. The van der Waals surface area contributed by atoms with Gasteiger partial charge in [0.15, 0.2) is 5.11 Å². The van der Waals surface area contributed by atoms with Gasteiger partial charge in [0.1, 0.15) is 18.1 Å². The van der Waals surface area contributed by atoms with Crippen molar-refractivity contribution in [2.24, 2.45) is 0 Å². The van der Waals surface area contributed by atoms with E-state index in [2.05, 4.69) is 21.2 Å². The van der Waals surface area contributed by atoms with Crippen LogP contribution in [-0.4, -0.2) is 22.5 Å². The molecule has 1 N–H and O–H groups in total. The highest BCUT2D eigenvalue weighted by Crippen LogP contribution is 2.28. The van der Waals surface area contributed by atoms with Crippen molar-refractivity contribution in [2.75, 3.05) is 6.54 Å². The fourth-order valence-corrected chi connectivity index (χ4v) is 3.74. The lowest BCUT2D eigenvalue weighted by Gasteiger charge is -2.12. The van der Waals surface area contributed by atoms with Gasteiger partial charge in [0.2, 0.25) is 0 Å². The first-order chi connectivity index (χ1) is 12.9. The number of nitrogens with zero attached hydrogens (tertiary/aromatic N) is 1. The van der Waals surface area contributed by atoms with Crippen LogP contribution < -0.4 is 10.1 Å². The Morgan fingerprint density at radius 2 is 2.04 bits per heavy atom. The minimum absolute atomic E-state index is 0.158. The topological polar surface area (TPSA) is 41.6 Å². The molecular weight excluding hydrogens is 471 g/mol. The summed E-state index contributed by atoms with van der Waals surface area (Å²) in [5.74, 6) is 0.460. The molecule has 1 heterocycles. The zero-order valence-corrected chi connectivity index (χ0v) is 18.2. The van der Waals surface area contributed by atoms with Crippen LogP contribution in [0.3, 0.4) is 0 Å². The lowest BCUT2D eigenvalue weighted by atomic mass is 10.1. The lowest BCUT2D eigenvalue weighted by Crippen LogP contribution is -2.30. The molecular formula is C19H15BrCl2N2O2S. The van der Waals surface area contributed by atoms with Gasteiger partial charge in [-0.25, -0.2) is 0 Å². The molecule has 1 aliphatic rings. The smallest absolute Gasteiger partial charge is 0.276 e. The molecule has 2 aromatic rings. The van der Waals surface area contributed by atoms with E-state index in [1.807, 2.05) is 31.2 Å². The van der Waals surface area contributed by atoms with Crippen molar-refractivity contribution < 1.29 is 9.53 Å². The Labute approximate surface area is 181 Å². The highest BCUT2D eigenvalue weighted by molar-refractivity contribution is 9.10. The van der Waals surface area contributed by atoms with E-state index in [0.29, 0.717) is 33.1 Å². The van der Waals surface area contributed by atoms with Gasteiger partial charge in [-0.1, -0.05) is 45.2 Å². The number of hydrogen-bond acceptors (Lipinski definition) is 3. The van der Waals surface area contributed by atoms with Gasteiger partial charge in [0.25, 0.3) is 5.91 Å². The van der Waals surface area contributed by atoms with Gasteiger partial charge >= 0.3 is 0 Å². The number of ether oxygens (including phenoxy) is 1. The monoisotopic (exact) mass is 484 g/mol. The summed E-state index contributed by atoms with van der Waals surface area (Å²) < 4.78 is 6.81. The maximum absolute atomic E-state index is 12.4. The zero-order valence-electron chi connectivity index (χ0n) is 14.3. The minimum Gasteiger partial charge on any atom is -0.488 e. The Kier molecular flexibility index (Phi) is 6.42. The van der Waals surface area contributed by atoms with Crippen LogP contribution in [0.2, 0.25) is 10.0 Å². The molecule has 8 heteroatoms. The van der Waals surface area contributed by atoms with Crippen molar-refractivity contribution in [1.82, 2.24) is 10.2 Å². The Balaban J connectivity index is 1.86. The number of halogens is 3. The van der Waals surface area contributed by atoms with Gasteiger partial charge in [-0.15, -0.1) is 0 Å². The van der Waals surface area contributed by atoms with Crippen molar-refractivity contribution in [3.8, 4) is 5.75 Å². The number of likely N-dealkylation sites (N-methyl/N-ethyl adjacent to an activating group) is 1. The van der Waals surface area contributed by atoms with Crippen molar-refractivity contribution >= 4 is 68.4 Å². The van der Waals surface area contributed by atoms with E-state index in [1.165, 1.54) is 4.90 Å². The van der Waals surface area contributed by atoms with Gasteiger partial charge in [0.05, 0.1) is 0 Å². The Hall–Kier alpha value is -1.60. The van der Waals surface area contributed by atoms with Crippen molar-refractivity contribution in [3.63, 3.8) is 0 Å². The molecule has 0 aliphatic carbocycles. The van der Waals surface area contributed by atoms with Crippen molar-refractivity contribution in [3.05, 3.63) is 67.7 Å². The second kappa shape index (κ2) is 8.61. The van der Waals surface area contributed by atoms with Crippen LogP contribution in [0, 0.1) is 0 Å². The normalized spacial score (nSPS) is 15.4. The molecule has 1 fully saturated rings. The van der Waals surface area contributed by atoms with E-state index in [1.54, 1.807) is 18.2 Å². The zero-order chi connectivity index (χ0) is 19.6. The third kappa shape index (κ3) is 4.63. The predicted molar refractivity (Wildman–Crippen MR) is 116 cm³/mol. The molecule has 3 rings (SSSR count). The molecule has 0 bridgehead atoms. The summed E-state index contributed by atoms with van der Waals surface area (Å²) in [5.41, 5.74) is 1.97. The van der Waals surface area contributed by atoms with Gasteiger partial charge in [0, 0.05) is 32.2 Å². The van der Waals surface area contributed by atoms with E-state index >= 15 is 0 Å². The van der Waals surface area contributed by atoms with Gasteiger partial charge in [-0.3, -0.25) is 9.69 Å². The highest BCUT2D eigenvalue weighted by atomic mass is 79.9. The molecule has 0 aromatic heterocycles. The molecule has 0 spiro atoms. The molecule has 1 amide bonds. The second-order valence-electron chi connectivity index (χ2n) is 5.74. The molecule has 0 unspecified atom stereocenters. The summed E-state index contributed by atoms with van der Waals surface area (Å²) in [6.07, 6.45) is 1.73. The molecule has 2 aromatic carbocycles. The minimum atomic E-state index is -0.158. The molecule has 27 heavy (non-hydrogen) atoms. The summed E-state index contributed by atoms with van der Waals surface area (Å²) >= 11 is 20.8. The van der Waals surface area contributed by atoms with Crippen LogP contribution in [0.15, 0.2) is 46.6 Å². The number of nitrogens with one attached hydrogen (secondary N) is 1. The number of thiocarbonyl (C=S) groups is 1. The lowest BCUT2D eigenvalue weighted by molar-refractivity contribution is -0.122. The number of rotatable bonds is 5. The third-order valence-electron chi connectivity index (χ3n) is 3.95. The first-order valence-electron chi connectivity index (χ1n) is 8.10. The molecule has 1 saturated heterocycles. The maximum Gasteiger partial charge on any atom is 0.276 e. The molecule has 0 radical (unpaired) electrons. The number of hydrogen-bond donors (Lipinski definition) is 1. The second-order valence-corrected chi connectivity index (χ2v) is 7.89. The summed E-state index contributed by atoms with van der Waals surface area (Å²) in [6, 6.07) is 10.8. The van der Waals surface area contributed by atoms with E-state index in [-0.39, 0.29) is 12.5 Å². The Morgan fingerprint density at radius 3 is 2.70 bits per heavy atom. The molecule has 0 saturated carbocycles. The molecule has 4 nitrogen and oxygen atoms in total. The summed E-state index contributed by atoms with van der Waals surface area (Å²) in [7, 11) is 0. The fraction of sp³-hybridized carbons (Fsp3) is 0.158. The fourth-order valence-electron chi connectivity index (χ4n) is 2.57. The van der Waals surface area contributed by atoms with E-state index < -0.39 is 0 Å². The van der Waals surface area contributed by atoms with Crippen LogP contribution in [0.5, 0.6) is 5.75 Å². The van der Waals surface area contributed by atoms with Crippen LogP contribution in [0.4, 0.5) is 0 Å². The van der Waals surface area contributed by atoms with E-state index in [9.17, 15) is 4.79 Å². The van der Waals surface area contributed by atoms with Crippen molar-refractivity contribution in [1.29, 1.82) is 0 Å². The molecule has 1 aliphatic heterocycles. The van der Waals surface area contributed by atoms with Gasteiger partial charge in [-0.2, -0.15) is 0 Å². The van der Waals surface area contributed by atoms with Crippen molar-refractivity contribution in [2.45, 2.75) is 13.5 Å². The third-order valence-corrected chi connectivity index (χ3v) is 5.35.